The predicted octanol–water partition coefficient (Wildman–Crippen LogP) is 6.22. The van der Waals surface area contributed by atoms with Gasteiger partial charge in [0.1, 0.15) is 6.26 Å². The number of rotatable bonds is 7. The second kappa shape index (κ2) is 8.75. The number of oxazole rings is 1. The highest BCUT2D eigenvalue weighted by Crippen LogP contribution is 2.34. The Morgan fingerprint density at radius 1 is 1.08 bits per heavy atom. The van der Waals surface area contributed by atoms with Crippen LogP contribution >= 0.6 is 11.8 Å². The van der Waals surface area contributed by atoms with E-state index in [2.05, 4.69) is 54.9 Å². The van der Waals surface area contributed by atoms with E-state index in [1.54, 1.807) is 12.5 Å². The molecule has 1 saturated carbocycles. The summed E-state index contributed by atoms with van der Waals surface area (Å²) in [5, 5.41) is 0.780. The van der Waals surface area contributed by atoms with E-state index in [9.17, 15) is 0 Å². The lowest BCUT2D eigenvalue weighted by Crippen LogP contribution is -2.17. The summed E-state index contributed by atoms with van der Waals surface area (Å²) in [6.07, 6.45) is 11.6. The lowest BCUT2D eigenvalue weighted by atomic mass is 9.80. The summed E-state index contributed by atoms with van der Waals surface area (Å²) in [5.41, 5.74) is 2.50. The number of aromatic nitrogens is 1. The van der Waals surface area contributed by atoms with Gasteiger partial charge < -0.3 is 4.42 Å². The highest BCUT2D eigenvalue weighted by atomic mass is 32.2. The maximum absolute atomic E-state index is 5.35. The molecule has 0 spiro atoms. The number of hydrogen-bond donors (Lipinski definition) is 0. The second-order valence-electron chi connectivity index (χ2n) is 7.34. The van der Waals surface area contributed by atoms with Crippen molar-refractivity contribution >= 4 is 11.8 Å². The summed E-state index contributed by atoms with van der Waals surface area (Å²) in [4.78, 5) is 4.20. The highest BCUT2D eigenvalue weighted by Gasteiger charge is 2.21. The van der Waals surface area contributed by atoms with Gasteiger partial charge in [0.05, 0.1) is 6.20 Å². The first-order valence-corrected chi connectivity index (χ1v) is 10.4. The van der Waals surface area contributed by atoms with Gasteiger partial charge in [0.2, 0.25) is 5.89 Å². The number of hydrogen-bond acceptors (Lipinski definition) is 3. The Hall–Kier alpha value is -1.22. The first kappa shape index (κ1) is 17.6. The third kappa shape index (κ3) is 5.14. The Morgan fingerprint density at radius 3 is 2.42 bits per heavy atom. The molecule has 0 bridgehead atoms. The van der Waals surface area contributed by atoms with Gasteiger partial charge in [-0.15, -0.1) is 0 Å². The van der Waals surface area contributed by atoms with E-state index < -0.39 is 0 Å². The van der Waals surface area contributed by atoms with Gasteiger partial charge in [-0.05, 0) is 66.2 Å². The van der Waals surface area contributed by atoms with E-state index in [4.69, 9.17) is 4.42 Å². The fourth-order valence-corrected chi connectivity index (χ4v) is 4.56. The average Bonchev–Trinajstić information content (AvgIpc) is 3.14. The monoisotopic (exact) mass is 343 g/mol. The summed E-state index contributed by atoms with van der Waals surface area (Å²) >= 11 is 2.14. The van der Waals surface area contributed by atoms with Crippen LogP contribution in [-0.4, -0.2) is 16.0 Å². The number of nitrogens with zero attached hydrogens (tertiary/aromatic N) is 1. The van der Waals surface area contributed by atoms with Gasteiger partial charge in [-0.25, -0.2) is 4.98 Å². The number of thioether (sulfide) groups is 1. The van der Waals surface area contributed by atoms with Crippen molar-refractivity contribution in [3.8, 4) is 11.5 Å². The van der Waals surface area contributed by atoms with Crippen molar-refractivity contribution in [2.75, 3.05) is 5.75 Å². The van der Waals surface area contributed by atoms with Crippen molar-refractivity contribution in [1.82, 2.24) is 4.98 Å². The first-order chi connectivity index (χ1) is 11.7. The summed E-state index contributed by atoms with van der Waals surface area (Å²) in [6.45, 7) is 4.62. The first-order valence-electron chi connectivity index (χ1n) is 9.31. The zero-order chi connectivity index (χ0) is 16.8. The van der Waals surface area contributed by atoms with Gasteiger partial charge in [-0.1, -0.05) is 38.8 Å². The minimum Gasteiger partial charge on any atom is -0.445 e. The van der Waals surface area contributed by atoms with Crippen LogP contribution in [0.2, 0.25) is 0 Å². The molecule has 0 atom stereocenters. The van der Waals surface area contributed by atoms with E-state index >= 15 is 0 Å². The van der Waals surface area contributed by atoms with Crippen LogP contribution in [0.25, 0.3) is 11.5 Å². The van der Waals surface area contributed by atoms with Gasteiger partial charge in [0.25, 0.3) is 0 Å². The molecule has 0 unspecified atom stereocenters. The molecule has 1 fully saturated rings. The van der Waals surface area contributed by atoms with E-state index in [-0.39, 0.29) is 0 Å². The largest absolute Gasteiger partial charge is 0.445 e. The molecule has 3 rings (SSSR count). The van der Waals surface area contributed by atoms with Gasteiger partial charge in [-0.2, -0.15) is 11.8 Å². The Morgan fingerprint density at radius 2 is 1.79 bits per heavy atom. The van der Waals surface area contributed by atoms with Crippen LogP contribution in [0.5, 0.6) is 0 Å². The fourth-order valence-electron chi connectivity index (χ4n) is 3.57. The molecule has 2 aromatic rings. The summed E-state index contributed by atoms with van der Waals surface area (Å²) in [5.74, 6) is 3.97. The summed E-state index contributed by atoms with van der Waals surface area (Å²) < 4.78 is 5.35. The van der Waals surface area contributed by atoms with Crippen molar-refractivity contribution in [3.05, 3.63) is 42.3 Å². The zero-order valence-electron chi connectivity index (χ0n) is 14.9. The third-order valence-electron chi connectivity index (χ3n) is 5.11. The third-order valence-corrected chi connectivity index (χ3v) is 6.44. The van der Waals surface area contributed by atoms with E-state index in [1.165, 1.54) is 49.8 Å². The molecular weight excluding hydrogens is 314 g/mol. The van der Waals surface area contributed by atoms with Gasteiger partial charge >= 0.3 is 0 Å². The molecule has 0 amide bonds. The number of benzene rings is 1. The molecule has 1 aromatic heterocycles. The van der Waals surface area contributed by atoms with E-state index in [0.717, 1.165) is 22.6 Å². The molecule has 130 valence electrons. The lowest BCUT2D eigenvalue weighted by Gasteiger charge is -2.28. The lowest BCUT2D eigenvalue weighted by molar-refractivity contribution is 0.281. The molecule has 1 heterocycles. The van der Waals surface area contributed by atoms with Crippen molar-refractivity contribution < 1.29 is 4.42 Å². The molecule has 0 N–H and O–H groups in total. The van der Waals surface area contributed by atoms with Crippen LogP contribution in [0.4, 0.5) is 0 Å². The Labute approximate surface area is 150 Å². The molecule has 0 saturated heterocycles. The van der Waals surface area contributed by atoms with E-state index in [1.807, 2.05) is 0 Å². The minimum absolute atomic E-state index is 0.708. The van der Waals surface area contributed by atoms with Crippen molar-refractivity contribution in [1.29, 1.82) is 0 Å². The quantitative estimate of drug-likeness (QED) is 0.596. The Balaban J connectivity index is 1.40. The fraction of sp³-hybridized carbons (Fsp3) is 0.571. The van der Waals surface area contributed by atoms with Crippen LogP contribution in [0.3, 0.4) is 0 Å². The summed E-state index contributed by atoms with van der Waals surface area (Å²) in [6, 6.07) is 8.71. The minimum atomic E-state index is 0.708. The van der Waals surface area contributed by atoms with Crippen LogP contribution in [0, 0.1) is 11.8 Å². The smallest absolute Gasteiger partial charge is 0.225 e. The number of aryl methyl sites for hydroxylation is 1. The molecule has 1 aliphatic rings. The molecule has 1 aromatic carbocycles. The topological polar surface area (TPSA) is 26.0 Å². The normalized spacial score (nSPS) is 21.3. The Bertz CT molecular complexity index is 583. The highest BCUT2D eigenvalue weighted by molar-refractivity contribution is 7.99. The molecule has 0 radical (unpaired) electrons. The molecule has 0 aliphatic heterocycles. The Kier molecular flexibility index (Phi) is 6.42. The van der Waals surface area contributed by atoms with Crippen molar-refractivity contribution in [2.24, 2.45) is 11.8 Å². The SMILES string of the molecule is CC(C)SCC1CCC(CCc2ccc(-c3ncco3)cc2)CC1. The maximum atomic E-state index is 5.35. The van der Waals surface area contributed by atoms with Gasteiger partial charge in [-0.3, -0.25) is 0 Å². The average molecular weight is 344 g/mol. The van der Waals surface area contributed by atoms with Crippen molar-refractivity contribution in [3.63, 3.8) is 0 Å². The van der Waals surface area contributed by atoms with Crippen LogP contribution < -0.4 is 0 Å². The van der Waals surface area contributed by atoms with Crippen molar-refractivity contribution in [2.45, 2.75) is 57.6 Å². The van der Waals surface area contributed by atoms with Crippen LogP contribution in [0.1, 0.15) is 51.5 Å². The molecule has 2 nitrogen and oxygen atoms in total. The maximum Gasteiger partial charge on any atom is 0.225 e. The van der Waals surface area contributed by atoms with Gasteiger partial charge in [0, 0.05) is 5.56 Å². The zero-order valence-corrected chi connectivity index (χ0v) is 15.7. The standard InChI is InChI=1S/C21H29NOS/c1-16(2)24-15-19-7-5-17(6-8-19)3-4-18-9-11-20(12-10-18)21-22-13-14-23-21/h9-14,16-17,19H,3-8,15H2,1-2H3. The van der Waals surface area contributed by atoms with E-state index in [0.29, 0.717) is 5.89 Å². The molecular formula is C21H29NOS. The second-order valence-corrected chi connectivity index (χ2v) is 8.95. The predicted molar refractivity (Wildman–Crippen MR) is 103 cm³/mol. The summed E-state index contributed by atoms with van der Waals surface area (Å²) in [7, 11) is 0. The van der Waals surface area contributed by atoms with Gasteiger partial charge in [0.15, 0.2) is 0 Å². The molecule has 3 heteroatoms. The van der Waals surface area contributed by atoms with Crippen LogP contribution in [0.15, 0.2) is 41.1 Å². The molecule has 1 aliphatic carbocycles. The molecule has 24 heavy (non-hydrogen) atoms. The van der Waals surface area contributed by atoms with Crippen LogP contribution in [-0.2, 0) is 6.42 Å².